The predicted octanol–water partition coefficient (Wildman–Crippen LogP) is 4.63. The standard InChI is InChI=1S/C21H23N3O6/c1-15-4-2-3-11-22(15)21(25)10-7-16-5-8-19(9-6-16)30-20-13-17(23(26)27)12-18(14-20)24(28)29/h5-6,8-9,12-15H,2-4,7,10-11H2,1H3. The molecule has 0 saturated carbocycles. The minimum Gasteiger partial charge on any atom is -0.457 e. The number of nitro groups is 2. The zero-order chi connectivity index (χ0) is 21.7. The minimum absolute atomic E-state index is 0.0120. The molecular weight excluding hydrogens is 390 g/mol. The third kappa shape index (κ3) is 5.31. The number of carbonyl (C=O) groups excluding carboxylic acids is 1. The van der Waals surface area contributed by atoms with Gasteiger partial charge in [-0.05, 0) is 50.3 Å². The molecule has 1 fully saturated rings. The number of non-ortho nitro benzene ring substituents is 2. The molecule has 9 heteroatoms. The van der Waals surface area contributed by atoms with E-state index in [9.17, 15) is 25.0 Å². The van der Waals surface area contributed by atoms with Crippen LogP contribution in [-0.4, -0.2) is 33.2 Å². The summed E-state index contributed by atoms with van der Waals surface area (Å²) >= 11 is 0. The van der Waals surface area contributed by atoms with Crippen LogP contribution in [0.15, 0.2) is 42.5 Å². The van der Waals surface area contributed by atoms with Crippen molar-refractivity contribution in [3.63, 3.8) is 0 Å². The molecule has 0 spiro atoms. The Labute approximate surface area is 173 Å². The topological polar surface area (TPSA) is 116 Å². The number of benzene rings is 2. The molecule has 1 atom stereocenters. The molecule has 158 valence electrons. The Morgan fingerprint density at radius 1 is 1.03 bits per heavy atom. The highest BCUT2D eigenvalue weighted by Gasteiger charge is 2.22. The van der Waals surface area contributed by atoms with E-state index in [0.717, 1.165) is 43.1 Å². The van der Waals surface area contributed by atoms with Gasteiger partial charge < -0.3 is 9.64 Å². The molecule has 1 amide bonds. The van der Waals surface area contributed by atoms with Crippen molar-refractivity contribution >= 4 is 17.3 Å². The second-order valence-corrected chi connectivity index (χ2v) is 7.38. The van der Waals surface area contributed by atoms with Gasteiger partial charge in [0.05, 0.1) is 28.0 Å². The highest BCUT2D eigenvalue weighted by molar-refractivity contribution is 5.76. The highest BCUT2D eigenvalue weighted by Crippen LogP contribution is 2.31. The molecule has 2 aromatic carbocycles. The van der Waals surface area contributed by atoms with Gasteiger partial charge in [0.2, 0.25) is 5.91 Å². The van der Waals surface area contributed by atoms with Crippen LogP contribution in [0.25, 0.3) is 0 Å². The molecule has 3 rings (SSSR count). The third-order valence-electron chi connectivity index (χ3n) is 5.21. The van der Waals surface area contributed by atoms with E-state index in [1.165, 1.54) is 6.42 Å². The van der Waals surface area contributed by atoms with E-state index in [-0.39, 0.29) is 11.7 Å². The summed E-state index contributed by atoms with van der Waals surface area (Å²) in [5.74, 6) is 0.564. The lowest BCUT2D eigenvalue weighted by Crippen LogP contribution is -2.42. The molecule has 2 aromatic rings. The van der Waals surface area contributed by atoms with Crippen molar-refractivity contribution in [3.8, 4) is 11.5 Å². The van der Waals surface area contributed by atoms with E-state index in [1.54, 1.807) is 12.1 Å². The van der Waals surface area contributed by atoms with Crippen molar-refractivity contribution in [2.75, 3.05) is 6.54 Å². The number of carbonyl (C=O) groups is 1. The van der Waals surface area contributed by atoms with Crippen molar-refractivity contribution in [2.45, 2.75) is 45.1 Å². The molecule has 0 N–H and O–H groups in total. The quantitative estimate of drug-likeness (QED) is 0.483. The number of nitrogens with zero attached hydrogens (tertiary/aromatic N) is 3. The molecule has 1 aliphatic heterocycles. The van der Waals surface area contributed by atoms with Crippen molar-refractivity contribution in [3.05, 3.63) is 68.3 Å². The summed E-state index contributed by atoms with van der Waals surface area (Å²) in [4.78, 5) is 35.0. The van der Waals surface area contributed by atoms with E-state index in [4.69, 9.17) is 4.74 Å². The summed E-state index contributed by atoms with van der Waals surface area (Å²) in [5.41, 5.74) is 0.132. The maximum absolute atomic E-state index is 12.5. The van der Waals surface area contributed by atoms with E-state index < -0.39 is 21.2 Å². The van der Waals surface area contributed by atoms with Crippen LogP contribution in [0.5, 0.6) is 11.5 Å². The zero-order valence-corrected chi connectivity index (χ0v) is 16.7. The SMILES string of the molecule is CC1CCCCN1C(=O)CCc1ccc(Oc2cc([N+](=O)[O-])cc([N+](=O)[O-])c2)cc1. The molecule has 1 unspecified atom stereocenters. The largest absolute Gasteiger partial charge is 0.457 e. The summed E-state index contributed by atoms with van der Waals surface area (Å²) < 4.78 is 5.57. The Kier molecular flexibility index (Phi) is 6.61. The molecule has 0 radical (unpaired) electrons. The van der Waals surface area contributed by atoms with Crippen molar-refractivity contribution in [1.29, 1.82) is 0 Å². The summed E-state index contributed by atoms with van der Waals surface area (Å²) in [7, 11) is 0. The van der Waals surface area contributed by atoms with Gasteiger partial charge in [-0.3, -0.25) is 25.0 Å². The molecule has 1 saturated heterocycles. The van der Waals surface area contributed by atoms with Crippen LogP contribution in [0.2, 0.25) is 0 Å². The van der Waals surface area contributed by atoms with Gasteiger partial charge in [0.25, 0.3) is 11.4 Å². The average molecular weight is 413 g/mol. The van der Waals surface area contributed by atoms with Gasteiger partial charge in [-0.15, -0.1) is 0 Å². The zero-order valence-electron chi connectivity index (χ0n) is 16.7. The molecule has 0 bridgehead atoms. The lowest BCUT2D eigenvalue weighted by molar-refractivity contribution is -0.394. The first kappa shape index (κ1) is 21.2. The summed E-state index contributed by atoms with van der Waals surface area (Å²) in [6.45, 7) is 2.91. The summed E-state index contributed by atoms with van der Waals surface area (Å²) in [5, 5.41) is 22.0. The Bertz CT molecular complexity index is 912. The molecule has 30 heavy (non-hydrogen) atoms. The average Bonchev–Trinajstić information content (AvgIpc) is 2.73. The maximum Gasteiger partial charge on any atom is 0.280 e. The fraction of sp³-hybridized carbons (Fsp3) is 0.381. The molecule has 0 aliphatic carbocycles. The normalized spacial score (nSPS) is 16.2. The number of nitro benzene ring substituents is 2. The Balaban J connectivity index is 1.63. The number of hydrogen-bond donors (Lipinski definition) is 0. The first-order valence-corrected chi connectivity index (χ1v) is 9.83. The van der Waals surface area contributed by atoms with Crippen LogP contribution < -0.4 is 4.74 Å². The molecule has 0 aromatic heterocycles. The monoisotopic (exact) mass is 413 g/mol. The third-order valence-corrected chi connectivity index (χ3v) is 5.21. The van der Waals surface area contributed by atoms with Crippen LogP contribution >= 0.6 is 0 Å². The molecular formula is C21H23N3O6. The van der Waals surface area contributed by atoms with Gasteiger partial charge in [0.1, 0.15) is 11.5 Å². The molecule has 1 heterocycles. The Morgan fingerprint density at radius 2 is 1.67 bits per heavy atom. The lowest BCUT2D eigenvalue weighted by atomic mass is 10.0. The first-order chi connectivity index (χ1) is 14.3. The second-order valence-electron chi connectivity index (χ2n) is 7.38. The van der Waals surface area contributed by atoms with Crippen molar-refractivity contribution in [2.24, 2.45) is 0 Å². The van der Waals surface area contributed by atoms with Gasteiger partial charge in [0, 0.05) is 19.0 Å². The first-order valence-electron chi connectivity index (χ1n) is 9.83. The fourth-order valence-corrected chi connectivity index (χ4v) is 3.56. The van der Waals surface area contributed by atoms with E-state index in [2.05, 4.69) is 6.92 Å². The Morgan fingerprint density at radius 3 is 2.23 bits per heavy atom. The van der Waals surface area contributed by atoms with Crippen LogP contribution in [-0.2, 0) is 11.2 Å². The van der Waals surface area contributed by atoms with Crippen molar-refractivity contribution < 1.29 is 19.4 Å². The number of rotatable bonds is 7. The maximum atomic E-state index is 12.5. The smallest absolute Gasteiger partial charge is 0.280 e. The predicted molar refractivity (Wildman–Crippen MR) is 110 cm³/mol. The summed E-state index contributed by atoms with van der Waals surface area (Å²) in [6.07, 6.45) is 4.30. The van der Waals surface area contributed by atoms with Crippen LogP contribution in [0.1, 0.15) is 38.2 Å². The molecule has 1 aliphatic rings. The van der Waals surface area contributed by atoms with Gasteiger partial charge in [0.15, 0.2) is 0 Å². The highest BCUT2D eigenvalue weighted by atomic mass is 16.6. The summed E-state index contributed by atoms with van der Waals surface area (Å²) in [6, 6.07) is 10.4. The van der Waals surface area contributed by atoms with Gasteiger partial charge in [-0.25, -0.2) is 0 Å². The number of amides is 1. The lowest BCUT2D eigenvalue weighted by Gasteiger charge is -2.33. The van der Waals surface area contributed by atoms with Crippen LogP contribution in [0, 0.1) is 20.2 Å². The number of hydrogen-bond acceptors (Lipinski definition) is 6. The van der Waals surface area contributed by atoms with Crippen LogP contribution in [0.4, 0.5) is 11.4 Å². The van der Waals surface area contributed by atoms with Gasteiger partial charge >= 0.3 is 0 Å². The second kappa shape index (κ2) is 9.34. The number of likely N-dealkylation sites (tertiary alicyclic amines) is 1. The van der Waals surface area contributed by atoms with E-state index in [1.807, 2.05) is 17.0 Å². The van der Waals surface area contributed by atoms with Gasteiger partial charge in [-0.1, -0.05) is 12.1 Å². The van der Waals surface area contributed by atoms with Crippen LogP contribution in [0.3, 0.4) is 0 Å². The Hall–Kier alpha value is -3.49. The number of piperidine rings is 1. The number of ether oxygens (including phenoxy) is 1. The van der Waals surface area contributed by atoms with Crippen molar-refractivity contribution in [1.82, 2.24) is 4.90 Å². The van der Waals surface area contributed by atoms with E-state index in [0.29, 0.717) is 24.6 Å². The van der Waals surface area contributed by atoms with E-state index >= 15 is 0 Å². The number of aryl methyl sites for hydroxylation is 1. The minimum atomic E-state index is -0.705. The fourth-order valence-electron chi connectivity index (χ4n) is 3.56. The molecule has 9 nitrogen and oxygen atoms in total. The van der Waals surface area contributed by atoms with Gasteiger partial charge in [-0.2, -0.15) is 0 Å².